The first-order valence-electron chi connectivity index (χ1n) is 3.46. The van der Waals surface area contributed by atoms with Crippen LogP contribution in [0.3, 0.4) is 0 Å². The van der Waals surface area contributed by atoms with Gasteiger partial charge in [0.2, 0.25) is 0 Å². The lowest BCUT2D eigenvalue weighted by atomic mass is 10.1. The number of hydrogen-bond donors (Lipinski definition) is 2. The molecule has 0 atom stereocenters. The van der Waals surface area contributed by atoms with E-state index in [1.165, 1.54) is 0 Å². The molecule has 1 aromatic heterocycles. The van der Waals surface area contributed by atoms with Crippen molar-refractivity contribution in [2.75, 3.05) is 0 Å². The first-order chi connectivity index (χ1) is 6.06. The molecule has 0 aliphatic carbocycles. The maximum Gasteiger partial charge on any atom is 0.264 e. The largest absolute Gasteiger partial charge is 0.326 e. The molecule has 0 aromatic carbocycles. The van der Waals surface area contributed by atoms with Gasteiger partial charge in [-0.25, -0.2) is 8.78 Å². The summed E-state index contributed by atoms with van der Waals surface area (Å²) in [6.45, 7) is -0.192. The van der Waals surface area contributed by atoms with Crippen molar-refractivity contribution in [2.45, 2.75) is 13.0 Å². The van der Waals surface area contributed by atoms with Crippen LogP contribution in [-0.4, -0.2) is 4.98 Å². The zero-order valence-corrected chi connectivity index (χ0v) is 8.07. The SMILES string of the molecule is NCc1c(C(F)F)cc(Br)[nH]c1=O. The van der Waals surface area contributed by atoms with Gasteiger partial charge >= 0.3 is 0 Å². The summed E-state index contributed by atoms with van der Waals surface area (Å²) in [6.07, 6.45) is -2.68. The Hall–Kier alpha value is -0.750. The zero-order valence-electron chi connectivity index (χ0n) is 6.48. The molecular formula is C7H7BrF2N2O. The lowest BCUT2D eigenvalue weighted by Gasteiger charge is -2.05. The number of aromatic amines is 1. The maximum atomic E-state index is 12.3. The van der Waals surface area contributed by atoms with E-state index < -0.39 is 12.0 Å². The normalized spacial score (nSPS) is 10.8. The molecule has 1 aromatic rings. The van der Waals surface area contributed by atoms with E-state index in [9.17, 15) is 13.6 Å². The van der Waals surface area contributed by atoms with E-state index in [4.69, 9.17) is 5.73 Å². The predicted octanol–water partition coefficient (Wildman–Crippen LogP) is 1.53. The third-order valence-corrected chi connectivity index (χ3v) is 2.00. The van der Waals surface area contributed by atoms with Crippen molar-refractivity contribution in [3.63, 3.8) is 0 Å². The van der Waals surface area contributed by atoms with Crippen molar-refractivity contribution < 1.29 is 8.78 Å². The number of halogens is 3. The van der Waals surface area contributed by atoms with Crippen LogP contribution < -0.4 is 11.3 Å². The molecule has 3 N–H and O–H groups in total. The standard InChI is InChI=1S/C7H7BrF2N2O/c8-5-1-3(6(9)10)4(2-11)7(13)12-5/h1,6H,2,11H2,(H,12,13). The van der Waals surface area contributed by atoms with Crippen molar-refractivity contribution in [2.24, 2.45) is 5.73 Å². The van der Waals surface area contributed by atoms with Crippen molar-refractivity contribution in [3.05, 3.63) is 32.2 Å². The summed E-state index contributed by atoms with van der Waals surface area (Å²) < 4.78 is 24.9. The molecule has 3 nitrogen and oxygen atoms in total. The lowest BCUT2D eigenvalue weighted by Crippen LogP contribution is -2.19. The fourth-order valence-corrected chi connectivity index (χ4v) is 1.41. The fraction of sp³-hybridized carbons (Fsp3) is 0.286. The number of aromatic nitrogens is 1. The monoisotopic (exact) mass is 252 g/mol. The summed E-state index contributed by atoms with van der Waals surface area (Å²) in [6, 6.07) is 1.16. The van der Waals surface area contributed by atoms with Crippen molar-refractivity contribution in [1.82, 2.24) is 4.98 Å². The zero-order chi connectivity index (χ0) is 10.0. The summed E-state index contributed by atoms with van der Waals surface area (Å²) >= 11 is 2.91. The van der Waals surface area contributed by atoms with Crippen LogP contribution in [0.5, 0.6) is 0 Å². The minimum absolute atomic E-state index is 0.0711. The van der Waals surface area contributed by atoms with Crippen molar-refractivity contribution in [1.29, 1.82) is 0 Å². The fourth-order valence-electron chi connectivity index (χ4n) is 0.980. The van der Waals surface area contributed by atoms with Crippen LogP contribution in [0.15, 0.2) is 15.5 Å². The molecule has 0 saturated carbocycles. The average molecular weight is 253 g/mol. The molecule has 0 bridgehead atoms. The van der Waals surface area contributed by atoms with E-state index in [2.05, 4.69) is 20.9 Å². The Morgan fingerprint density at radius 3 is 2.69 bits per heavy atom. The second-order valence-electron chi connectivity index (χ2n) is 2.39. The van der Waals surface area contributed by atoms with E-state index in [1.54, 1.807) is 0 Å². The Labute approximate surface area is 81.1 Å². The van der Waals surface area contributed by atoms with Gasteiger partial charge < -0.3 is 10.7 Å². The van der Waals surface area contributed by atoms with Gasteiger partial charge in [0.05, 0.1) is 4.60 Å². The summed E-state index contributed by atoms with van der Waals surface area (Å²) in [4.78, 5) is 13.4. The summed E-state index contributed by atoms with van der Waals surface area (Å²) in [7, 11) is 0. The second-order valence-corrected chi connectivity index (χ2v) is 3.24. The van der Waals surface area contributed by atoms with E-state index >= 15 is 0 Å². The van der Waals surface area contributed by atoms with Gasteiger partial charge in [-0.15, -0.1) is 0 Å². The van der Waals surface area contributed by atoms with Gasteiger partial charge in [-0.1, -0.05) is 0 Å². The molecule has 1 heterocycles. The van der Waals surface area contributed by atoms with Gasteiger partial charge in [0.1, 0.15) is 0 Å². The molecule has 0 saturated heterocycles. The average Bonchev–Trinajstić information content (AvgIpc) is 2.02. The highest BCUT2D eigenvalue weighted by Crippen LogP contribution is 2.22. The van der Waals surface area contributed by atoms with Gasteiger partial charge in [0, 0.05) is 17.7 Å². The van der Waals surface area contributed by atoms with Crippen molar-refractivity contribution >= 4 is 15.9 Å². The summed E-state index contributed by atoms with van der Waals surface area (Å²) in [5.41, 5.74) is 4.20. The second kappa shape index (κ2) is 3.97. The third-order valence-electron chi connectivity index (χ3n) is 1.58. The minimum atomic E-state index is -2.68. The molecule has 0 aliphatic rings. The topological polar surface area (TPSA) is 58.9 Å². The van der Waals surface area contributed by atoms with Gasteiger partial charge in [0.25, 0.3) is 12.0 Å². The van der Waals surface area contributed by atoms with Gasteiger partial charge in [0.15, 0.2) is 0 Å². The molecule has 1 rings (SSSR count). The molecule has 0 amide bonds. The molecule has 0 unspecified atom stereocenters. The smallest absolute Gasteiger partial charge is 0.264 e. The molecule has 72 valence electrons. The number of nitrogens with two attached hydrogens (primary N) is 1. The van der Waals surface area contributed by atoms with Gasteiger partial charge in [-0.05, 0) is 22.0 Å². The van der Waals surface area contributed by atoms with E-state index in [-0.39, 0.29) is 22.3 Å². The van der Waals surface area contributed by atoms with Crippen LogP contribution in [0, 0.1) is 0 Å². The molecule has 13 heavy (non-hydrogen) atoms. The highest BCUT2D eigenvalue weighted by Gasteiger charge is 2.15. The first kappa shape index (κ1) is 10.3. The van der Waals surface area contributed by atoms with Crippen molar-refractivity contribution in [3.8, 4) is 0 Å². The molecule has 0 radical (unpaired) electrons. The van der Waals surface area contributed by atoms with Crippen LogP contribution in [0.4, 0.5) is 8.78 Å². The van der Waals surface area contributed by atoms with E-state index in [0.29, 0.717) is 0 Å². The Balaban J connectivity index is 3.38. The number of hydrogen-bond acceptors (Lipinski definition) is 2. The number of nitrogens with one attached hydrogen (secondary N) is 1. The predicted molar refractivity (Wildman–Crippen MR) is 47.6 cm³/mol. The Morgan fingerprint density at radius 1 is 1.62 bits per heavy atom. The van der Waals surface area contributed by atoms with Gasteiger partial charge in [-0.2, -0.15) is 0 Å². The van der Waals surface area contributed by atoms with Crippen LogP contribution in [-0.2, 0) is 6.54 Å². The molecule has 6 heteroatoms. The minimum Gasteiger partial charge on any atom is -0.326 e. The Morgan fingerprint density at radius 2 is 2.23 bits per heavy atom. The summed E-state index contributed by atoms with van der Waals surface area (Å²) in [5.74, 6) is 0. The Bertz CT molecular complexity index is 364. The maximum absolute atomic E-state index is 12.3. The van der Waals surface area contributed by atoms with Crippen LogP contribution >= 0.6 is 15.9 Å². The molecule has 0 spiro atoms. The molecular weight excluding hydrogens is 246 g/mol. The third kappa shape index (κ3) is 2.13. The Kier molecular flexibility index (Phi) is 3.16. The number of H-pyrrole nitrogens is 1. The van der Waals surface area contributed by atoms with E-state index in [0.717, 1.165) is 6.07 Å². The van der Waals surface area contributed by atoms with E-state index in [1.807, 2.05) is 0 Å². The summed E-state index contributed by atoms with van der Waals surface area (Å²) in [5, 5.41) is 0. The first-order valence-corrected chi connectivity index (χ1v) is 4.25. The highest BCUT2D eigenvalue weighted by atomic mass is 79.9. The molecule has 0 aliphatic heterocycles. The number of pyridine rings is 1. The highest BCUT2D eigenvalue weighted by molar-refractivity contribution is 9.10. The lowest BCUT2D eigenvalue weighted by molar-refractivity contribution is 0.150. The number of rotatable bonds is 2. The van der Waals surface area contributed by atoms with Gasteiger partial charge in [-0.3, -0.25) is 4.79 Å². The number of alkyl halides is 2. The quantitative estimate of drug-likeness (QED) is 0.785. The van der Waals surface area contributed by atoms with Crippen LogP contribution in [0.25, 0.3) is 0 Å². The molecule has 0 fully saturated rings. The van der Waals surface area contributed by atoms with Crippen LogP contribution in [0.2, 0.25) is 0 Å². The van der Waals surface area contributed by atoms with Crippen LogP contribution in [0.1, 0.15) is 17.6 Å².